The Bertz CT molecular complexity index is 3040. The number of halogens is 4. The van der Waals surface area contributed by atoms with Gasteiger partial charge in [-0.05, 0) is 112 Å². The van der Waals surface area contributed by atoms with Crippen molar-refractivity contribution >= 4 is 105 Å². The van der Waals surface area contributed by atoms with E-state index >= 15 is 17.6 Å². The molecule has 5 aromatic heterocycles. The van der Waals surface area contributed by atoms with Crippen LogP contribution in [-0.2, 0) is 0 Å². The van der Waals surface area contributed by atoms with E-state index in [1.165, 1.54) is 90.6 Å². The van der Waals surface area contributed by atoms with Gasteiger partial charge >= 0.3 is 0 Å². The van der Waals surface area contributed by atoms with Gasteiger partial charge in [-0.15, -0.1) is 45.3 Å². The van der Waals surface area contributed by atoms with Crippen LogP contribution in [0.25, 0.3) is 61.9 Å². The zero-order valence-corrected chi connectivity index (χ0v) is 52.4. The molecule has 0 saturated heterocycles. The molecule has 0 radical (unpaired) electrons. The lowest BCUT2D eigenvalue weighted by molar-refractivity contribution is 0.463. The molecular weight excluding hydrogens is 1070 g/mol. The minimum Gasteiger partial charge on any atom is -0.203 e. The molecule has 75 heavy (non-hydrogen) atoms. The smallest absolute Gasteiger partial charge is 0.171 e. The van der Waals surface area contributed by atoms with Crippen LogP contribution in [0.4, 0.5) is 17.6 Å². The van der Waals surface area contributed by atoms with Crippen LogP contribution in [0.3, 0.4) is 0 Å². The van der Waals surface area contributed by atoms with Gasteiger partial charge in [-0.2, -0.15) is 8.75 Å². The topological polar surface area (TPSA) is 25.8 Å². The SMILES string of the molecule is CCCCC(CC)C[Si]1(CC(CC)CCCC)c2cc(C)sc2-c2sc(-c3c(F)c(F)c(-c4cc5c(s4)-c4sc(-c6ccc(C)c7nsnc67)cc4[Si]5(CC(CC)CCCC)CC(CC)CCCC)c(F)c3F)cc21. The molecule has 0 saturated carbocycles. The van der Waals surface area contributed by atoms with Gasteiger partial charge < -0.3 is 0 Å². The van der Waals surface area contributed by atoms with Crippen molar-refractivity contribution < 1.29 is 17.6 Å². The maximum atomic E-state index is 17.5. The van der Waals surface area contributed by atoms with E-state index in [1.807, 2.05) is 12.1 Å². The maximum Gasteiger partial charge on any atom is 0.171 e. The molecule has 2 nitrogen and oxygen atoms in total. The predicted octanol–water partition coefficient (Wildman–Crippen LogP) is 20.1. The second-order valence-corrected chi connectivity index (χ2v) is 35.8. The molecule has 0 amide bonds. The summed E-state index contributed by atoms with van der Waals surface area (Å²) >= 11 is 7.47. The fraction of sp³-hybridized carbons (Fsp3) is 0.548. The van der Waals surface area contributed by atoms with Crippen molar-refractivity contribution in [3.8, 4) is 50.8 Å². The number of nitrogens with zero attached hydrogens (tertiary/aromatic N) is 2. The number of thiophene rings is 4. The largest absolute Gasteiger partial charge is 0.203 e. The molecule has 9 rings (SSSR count). The van der Waals surface area contributed by atoms with E-state index in [-0.39, 0.29) is 4.88 Å². The molecule has 2 aromatic carbocycles. The number of hydrogen-bond donors (Lipinski definition) is 0. The molecule has 7 heterocycles. The first-order valence-corrected chi connectivity index (χ1v) is 37.7. The zero-order valence-electron chi connectivity index (χ0n) is 46.4. The zero-order chi connectivity index (χ0) is 53.3. The monoisotopic (exact) mass is 1140 g/mol. The van der Waals surface area contributed by atoms with Gasteiger partial charge in [-0.25, -0.2) is 17.6 Å². The van der Waals surface area contributed by atoms with Gasteiger partial charge in [-0.1, -0.05) is 170 Å². The molecule has 4 unspecified atom stereocenters. The Morgan fingerprint density at radius 3 is 1.17 bits per heavy atom. The van der Waals surface area contributed by atoms with E-state index < -0.39 is 50.5 Å². The highest BCUT2D eigenvalue weighted by molar-refractivity contribution is 7.32. The van der Waals surface area contributed by atoms with Crippen molar-refractivity contribution in [2.24, 2.45) is 23.7 Å². The van der Waals surface area contributed by atoms with Crippen LogP contribution < -0.4 is 20.7 Å². The van der Waals surface area contributed by atoms with Gasteiger partial charge in [0, 0.05) is 44.6 Å². The highest BCUT2D eigenvalue weighted by atomic mass is 32.1. The van der Waals surface area contributed by atoms with Crippen molar-refractivity contribution in [2.75, 3.05) is 0 Å². The molecule has 2 aliphatic heterocycles. The third-order valence-corrected chi connectivity index (χ3v) is 34.8. The van der Waals surface area contributed by atoms with Crippen LogP contribution in [0.15, 0.2) is 36.4 Å². The average molecular weight is 1150 g/mol. The molecule has 7 aromatic rings. The summed E-state index contributed by atoms with van der Waals surface area (Å²) in [4.78, 5) is 7.49. The average Bonchev–Trinajstić information content (AvgIpc) is 4.30. The van der Waals surface area contributed by atoms with Gasteiger partial charge in [0.05, 0.1) is 22.9 Å². The van der Waals surface area contributed by atoms with Gasteiger partial charge in [0.1, 0.15) is 27.2 Å². The van der Waals surface area contributed by atoms with Crippen molar-refractivity contribution in [1.29, 1.82) is 0 Å². The van der Waals surface area contributed by atoms with Crippen LogP contribution in [0.1, 0.15) is 169 Å². The second kappa shape index (κ2) is 24.3. The van der Waals surface area contributed by atoms with E-state index in [4.69, 9.17) is 4.37 Å². The van der Waals surface area contributed by atoms with Crippen LogP contribution in [0.2, 0.25) is 24.2 Å². The van der Waals surface area contributed by atoms with Crippen molar-refractivity contribution in [2.45, 2.75) is 196 Å². The Morgan fingerprint density at radius 2 is 0.787 bits per heavy atom. The maximum absolute atomic E-state index is 17.5. The second-order valence-electron chi connectivity index (χ2n) is 22.7. The summed E-state index contributed by atoms with van der Waals surface area (Å²) in [5.41, 5.74) is 2.86. The number of unbranched alkanes of at least 4 members (excludes halogenated alkanes) is 4. The highest BCUT2D eigenvalue weighted by Crippen LogP contribution is 2.53. The lowest BCUT2D eigenvalue weighted by Crippen LogP contribution is -2.56. The third kappa shape index (κ3) is 10.5. The molecule has 404 valence electrons. The molecule has 2 aliphatic rings. The van der Waals surface area contributed by atoms with Crippen LogP contribution in [0, 0.1) is 60.8 Å². The quantitative estimate of drug-likeness (QED) is 0.0291. The molecule has 4 atom stereocenters. The summed E-state index contributed by atoms with van der Waals surface area (Å²) in [7, 11) is -5.17. The van der Waals surface area contributed by atoms with Gasteiger partial charge in [0.15, 0.2) is 23.3 Å². The summed E-state index contributed by atoms with van der Waals surface area (Å²) < 4.78 is 79.5. The standard InChI is InChI=1S/C62H80F4N2S5Si2/c1-11-19-23-39(15-5)33-74(34-40(16-6)24-20-12-2)47-29-38(10)69-59(47)60-49(74)31-45(71-60)51-53(63)55(65)52(56(66)54(51)64)46-32-50-62(72-46)61-48(30-44(70-61)43-28-27-37(9)57-58(43)68-73-67-57)75(50,35-41(17-7)25-21-13-3)36-42(18-8)26-22-14-4/h27-32,39-42H,11-26,33-36H2,1-10H3. The minimum atomic E-state index is -2.68. The first kappa shape index (κ1) is 56.9. The van der Waals surface area contributed by atoms with Crippen molar-refractivity contribution in [1.82, 2.24) is 8.75 Å². The summed E-state index contributed by atoms with van der Waals surface area (Å²) in [5.74, 6) is -3.09. The Hall–Kier alpha value is -2.79. The fourth-order valence-corrected chi connectivity index (χ4v) is 34.9. The molecule has 0 fully saturated rings. The number of aromatic nitrogens is 2. The normalized spacial score (nSPS) is 18.4. The number of aryl methyl sites for hydroxylation is 2. The van der Waals surface area contributed by atoms with Gasteiger partial charge in [0.25, 0.3) is 0 Å². The molecule has 0 aliphatic carbocycles. The summed E-state index contributed by atoms with van der Waals surface area (Å²) in [6.45, 7) is 22.6. The molecule has 0 bridgehead atoms. The summed E-state index contributed by atoms with van der Waals surface area (Å²) in [5, 5.41) is 5.36. The highest BCUT2D eigenvalue weighted by Gasteiger charge is 2.52. The van der Waals surface area contributed by atoms with E-state index in [2.05, 4.69) is 97.9 Å². The Morgan fingerprint density at radius 1 is 0.440 bits per heavy atom. The van der Waals surface area contributed by atoms with E-state index in [0.717, 1.165) is 143 Å². The Balaban J connectivity index is 1.20. The van der Waals surface area contributed by atoms with E-state index in [9.17, 15) is 0 Å². The summed E-state index contributed by atoms with van der Waals surface area (Å²) in [6, 6.07) is 17.5. The molecule has 0 N–H and O–H groups in total. The summed E-state index contributed by atoms with van der Waals surface area (Å²) in [6.07, 6.45) is 18.1. The predicted molar refractivity (Wildman–Crippen MR) is 328 cm³/mol. The van der Waals surface area contributed by atoms with Crippen molar-refractivity contribution in [3.63, 3.8) is 0 Å². The third-order valence-electron chi connectivity index (χ3n) is 17.9. The minimum absolute atomic E-state index is 0.288. The van der Waals surface area contributed by atoms with Gasteiger partial charge in [0.2, 0.25) is 0 Å². The number of rotatable bonds is 27. The number of benzene rings is 2. The van der Waals surface area contributed by atoms with Gasteiger partial charge in [-0.3, -0.25) is 0 Å². The molecule has 13 heteroatoms. The number of fused-ring (bicyclic) bond motifs is 7. The molecular formula is C62H80F4N2S5Si2. The first-order chi connectivity index (χ1) is 36.3. The first-order valence-electron chi connectivity index (χ1n) is 28.9. The van der Waals surface area contributed by atoms with Crippen molar-refractivity contribution in [3.05, 3.63) is 70.1 Å². The molecule has 0 spiro atoms. The van der Waals surface area contributed by atoms with Crippen LogP contribution in [-0.4, -0.2) is 24.9 Å². The lowest BCUT2D eigenvalue weighted by Gasteiger charge is -2.35. The van der Waals surface area contributed by atoms with E-state index in [0.29, 0.717) is 28.5 Å². The lowest BCUT2D eigenvalue weighted by atomic mass is 10.0. The van der Waals surface area contributed by atoms with E-state index in [1.54, 1.807) is 22.7 Å². The van der Waals surface area contributed by atoms with Crippen LogP contribution >= 0.6 is 57.1 Å². The fourth-order valence-electron chi connectivity index (χ4n) is 13.5. The Labute approximate surface area is 468 Å². The van der Waals surface area contributed by atoms with Crippen LogP contribution in [0.5, 0.6) is 0 Å². The Kier molecular flexibility index (Phi) is 18.4. The number of hydrogen-bond acceptors (Lipinski definition) is 7.